The van der Waals surface area contributed by atoms with Gasteiger partial charge in [0.15, 0.2) is 0 Å². The molecule has 3 N–H and O–H groups in total. The summed E-state index contributed by atoms with van der Waals surface area (Å²) in [6, 6.07) is 4.08. The summed E-state index contributed by atoms with van der Waals surface area (Å²) in [5.74, 6) is 1.47. The maximum Gasteiger partial charge on any atom is 0.131 e. The zero-order valence-electron chi connectivity index (χ0n) is 12.2. The summed E-state index contributed by atoms with van der Waals surface area (Å²) in [5, 5.41) is 20.5. The topological polar surface area (TPSA) is 79.3 Å². The number of nitrogens with zero attached hydrogens (tertiary/aromatic N) is 2. The van der Waals surface area contributed by atoms with E-state index in [4.69, 9.17) is 4.74 Å². The number of hydrogen-bond acceptors (Lipinski definition) is 7. The Morgan fingerprint density at radius 3 is 3.09 bits per heavy atom. The molecular weight excluding hydrogens is 300 g/mol. The van der Waals surface area contributed by atoms with E-state index in [1.807, 2.05) is 22.9 Å². The van der Waals surface area contributed by atoms with Crippen molar-refractivity contribution in [2.45, 2.75) is 25.0 Å². The first-order valence-electron chi connectivity index (χ1n) is 7.41. The van der Waals surface area contributed by atoms with E-state index in [-0.39, 0.29) is 0 Å². The van der Waals surface area contributed by atoms with Gasteiger partial charge in [0, 0.05) is 19.2 Å². The van der Waals surface area contributed by atoms with Crippen molar-refractivity contribution in [2.75, 3.05) is 30.4 Å². The second kappa shape index (κ2) is 7.53. The number of nitrogens with one attached hydrogen (secondary N) is 2. The van der Waals surface area contributed by atoms with Gasteiger partial charge in [-0.25, -0.2) is 9.97 Å². The minimum absolute atomic E-state index is 0.299. The van der Waals surface area contributed by atoms with Gasteiger partial charge in [0.25, 0.3) is 0 Å². The van der Waals surface area contributed by atoms with Crippen LogP contribution in [0.1, 0.15) is 24.5 Å². The fourth-order valence-electron chi connectivity index (χ4n) is 2.38. The summed E-state index contributed by atoms with van der Waals surface area (Å²) in [6.45, 7) is 1.97. The molecule has 6 nitrogen and oxygen atoms in total. The Bertz CT molecular complexity index is 573. The Morgan fingerprint density at radius 1 is 1.41 bits per heavy atom. The molecule has 1 aliphatic rings. The number of aliphatic hydroxyl groups excluding tert-OH is 1. The van der Waals surface area contributed by atoms with Gasteiger partial charge in [-0.15, -0.1) is 0 Å². The van der Waals surface area contributed by atoms with Crippen LogP contribution in [0, 0.1) is 0 Å². The molecule has 0 saturated carbocycles. The highest BCUT2D eigenvalue weighted by Gasteiger charge is 2.14. The van der Waals surface area contributed by atoms with Crippen LogP contribution in [0.2, 0.25) is 0 Å². The van der Waals surface area contributed by atoms with Crippen LogP contribution in [0.15, 0.2) is 29.2 Å². The van der Waals surface area contributed by atoms with Crippen LogP contribution < -0.4 is 10.6 Å². The van der Waals surface area contributed by atoms with Crippen molar-refractivity contribution < 1.29 is 9.84 Å². The molecule has 0 bridgehead atoms. The third-order valence-corrected chi connectivity index (χ3v) is 4.29. The van der Waals surface area contributed by atoms with Crippen LogP contribution in [0.4, 0.5) is 11.6 Å². The SMILES string of the molecule is OC(CNc1cc(NC2CCCOC2)ncn1)c1ccsc1. The second-order valence-electron chi connectivity index (χ2n) is 5.30. The molecule has 1 fully saturated rings. The van der Waals surface area contributed by atoms with E-state index in [1.165, 1.54) is 6.33 Å². The third-order valence-electron chi connectivity index (χ3n) is 3.58. The smallest absolute Gasteiger partial charge is 0.131 e. The maximum atomic E-state index is 10.1. The number of aromatic nitrogens is 2. The zero-order chi connectivity index (χ0) is 15.2. The molecule has 1 aliphatic heterocycles. The standard InChI is InChI=1S/C15H20N4O2S/c20-13(11-3-5-22-9-11)7-16-14-6-15(18-10-17-14)19-12-2-1-4-21-8-12/h3,5-6,9-10,12-13,20H,1-2,4,7-8H2,(H2,16,17,18,19). The van der Waals surface area contributed by atoms with Gasteiger partial charge in [0.05, 0.1) is 18.8 Å². The van der Waals surface area contributed by atoms with Gasteiger partial charge in [-0.2, -0.15) is 11.3 Å². The van der Waals surface area contributed by atoms with Crippen molar-refractivity contribution in [3.8, 4) is 0 Å². The molecule has 3 rings (SSSR count). The molecule has 0 spiro atoms. The molecule has 0 aromatic carbocycles. The Hall–Kier alpha value is -1.70. The average Bonchev–Trinajstić information content (AvgIpc) is 3.08. The van der Waals surface area contributed by atoms with E-state index in [9.17, 15) is 5.11 Å². The van der Waals surface area contributed by atoms with Crippen molar-refractivity contribution in [2.24, 2.45) is 0 Å². The first kappa shape index (κ1) is 15.2. The highest BCUT2D eigenvalue weighted by atomic mass is 32.1. The Kier molecular flexibility index (Phi) is 5.20. The van der Waals surface area contributed by atoms with Crippen LogP contribution >= 0.6 is 11.3 Å². The van der Waals surface area contributed by atoms with Gasteiger partial charge in [-0.05, 0) is 35.2 Å². The first-order valence-corrected chi connectivity index (χ1v) is 8.36. The molecule has 0 radical (unpaired) electrons. The van der Waals surface area contributed by atoms with Crippen LogP contribution in [0.5, 0.6) is 0 Å². The minimum atomic E-state index is -0.538. The average molecular weight is 320 g/mol. The highest BCUT2D eigenvalue weighted by Crippen LogP contribution is 2.18. The molecular formula is C15H20N4O2S. The summed E-state index contributed by atoms with van der Waals surface area (Å²) >= 11 is 1.58. The minimum Gasteiger partial charge on any atom is -0.387 e. The fourth-order valence-corrected chi connectivity index (χ4v) is 3.09. The predicted octanol–water partition coefficient (Wildman–Crippen LogP) is 2.27. The van der Waals surface area contributed by atoms with E-state index in [0.717, 1.165) is 30.8 Å². The lowest BCUT2D eigenvalue weighted by atomic mass is 10.1. The molecule has 0 amide bonds. The van der Waals surface area contributed by atoms with E-state index < -0.39 is 6.10 Å². The highest BCUT2D eigenvalue weighted by molar-refractivity contribution is 7.07. The van der Waals surface area contributed by atoms with Crippen LogP contribution in [-0.2, 0) is 4.74 Å². The van der Waals surface area contributed by atoms with E-state index in [0.29, 0.717) is 25.0 Å². The van der Waals surface area contributed by atoms with Gasteiger partial charge in [-0.3, -0.25) is 0 Å². The van der Waals surface area contributed by atoms with Crippen molar-refractivity contribution in [1.82, 2.24) is 9.97 Å². The number of ether oxygens (including phenoxy) is 1. The molecule has 2 aromatic heterocycles. The molecule has 3 heterocycles. The normalized spacial score (nSPS) is 19.6. The number of anilines is 2. The molecule has 118 valence electrons. The summed E-state index contributed by atoms with van der Waals surface area (Å²) in [7, 11) is 0. The lowest BCUT2D eigenvalue weighted by molar-refractivity contribution is 0.0875. The summed E-state index contributed by atoms with van der Waals surface area (Å²) in [5.41, 5.74) is 0.921. The quantitative estimate of drug-likeness (QED) is 0.758. The summed E-state index contributed by atoms with van der Waals surface area (Å²) in [4.78, 5) is 8.42. The van der Waals surface area contributed by atoms with Gasteiger partial charge >= 0.3 is 0 Å². The molecule has 2 atom stereocenters. The molecule has 7 heteroatoms. The van der Waals surface area contributed by atoms with Crippen molar-refractivity contribution >= 4 is 23.0 Å². The number of hydrogen-bond donors (Lipinski definition) is 3. The predicted molar refractivity (Wildman–Crippen MR) is 87.3 cm³/mol. The van der Waals surface area contributed by atoms with E-state index >= 15 is 0 Å². The van der Waals surface area contributed by atoms with Crippen molar-refractivity contribution in [3.63, 3.8) is 0 Å². The largest absolute Gasteiger partial charge is 0.387 e. The van der Waals surface area contributed by atoms with Gasteiger partial charge in [-0.1, -0.05) is 0 Å². The monoisotopic (exact) mass is 320 g/mol. The second-order valence-corrected chi connectivity index (χ2v) is 6.08. The van der Waals surface area contributed by atoms with Crippen LogP contribution in [0.25, 0.3) is 0 Å². The van der Waals surface area contributed by atoms with E-state index in [2.05, 4.69) is 20.6 Å². The lowest BCUT2D eigenvalue weighted by Gasteiger charge is -2.23. The Morgan fingerprint density at radius 2 is 2.32 bits per heavy atom. The maximum absolute atomic E-state index is 10.1. The molecule has 0 aliphatic carbocycles. The number of aliphatic hydroxyl groups is 1. The van der Waals surface area contributed by atoms with Gasteiger partial charge in [0.2, 0.25) is 0 Å². The van der Waals surface area contributed by atoms with Gasteiger partial charge < -0.3 is 20.5 Å². The lowest BCUT2D eigenvalue weighted by Crippen LogP contribution is -2.30. The number of rotatable bonds is 6. The molecule has 2 aromatic rings. The Balaban J connectivity index is 1.54. The van der Waals surface area contributed by atoms with Crippen molar-refractivity contribution in [3.05, 3.63) is 34.8 Å². The first-order chi connectivity index (χ1) is 10.8. The summed E-state index contributed by atoms with van der Waals surface area (Å²) in [6.07, 6.45) is 3.14. The Labute approximate surface area is 133 Å². The molecule has 22 heavy (non-hydrogen) atoms. The summed E-state index contributed by atoms with van der Waals surface area (Å²) < 4.78 is 5.45. The fraction of sp³-hybridized carbons (Fsp3) is 0.467. The van der Waals surface area contributed by atoms with Crippen molar-refractivity contribution in [1.29, 1.82) is 0 Å². The van der Waals surface area contributed by atoms with Crippen LogP contribution in [-0.4, -0.2) is 40.9 Å². The van der Waals surface area contributed by atoms with E-state index in [1.54, 1.807) is 11.3 Å². The molecule has 1 saturated heterocycles. The third kappa shape index (κ3) is 4.16. The molecule has 2 unspecified atom stereocenters. The zero-order valence-corrected chi connectivity index (χ0v) is 13.1. The van der Waals surface area contributed by atoms with Gasteiger partial charge in [0.1, 0.15) is 18.0 Å². The van der Waals surface area contributed by atoms with Crippen LogP contribution in [0.3, 0.4) is 0 Å². The number of thiophene rings is 1.